The van der Waals surface area contributed by atoms with Crippen LogP contribution in [0.5, 0.6) is 0 Å². The summed E-state index contributed by atoms with van der Waals surface area (Å²) < 4.78 is 5.37. The Morgan fingerprint density at radius 1 is 1.15 bits per heavy atom. The number of rotatable bonds is 9. The molecule has 0 bridgehead atoms. The van der Waals surface area contributed by atoms with Gasteiger partial charge in [-0.25, -0.2) is 0 Å². The molecule has 5 nitrogen and oxygen atoms in total. The van der Waals surface area contributed by atoms with E-state index in [1.165, 1.54) is 0 Å². The first-order chi connectivity index (χ1) is 13.3. The Morgan fingerprint density at radius 3 is 2.78 bits per heavy atom. The first-order valence-electron chi connectivity index (χ1n) is 8.99. The third kappa shape index (κ3) is 5.37. The van der Waals surface area contributed by atoms with E-state index < -0.39 is 0 Å². The Labute approximate surface area is 159 Å². The number of hydrogen-bond acceptors (Lipinski definition) is 5. The van der Waals surface area contributed by atoms with E-state index in [0.29, 0.717) is 17.3 Å². The highest BCUT2D eigenvalue weighted by Crippen LogP contribution is 2.16. The fraction of sp³-hybridized carbons (Fsp3) is 0.227. The lowest BCUT2D eigenvalue weighted by Crippen LogP contribution is -2.25. The van der Waals surface area contributed by atoms with Crippen LogP contribution >= 0.6 is 0 Å². The summed E-state index contributed by atoms with van der Waals surface area (Å²) in [5.74, 6) is 1.28. The zero-order valence-corrected chi connectivity index (χ0v) is 15.2. The minimum atomic E-state index is 0.627. The van der Waals surface area contributed by atoms with Crippen molar-refractivity contribution >= 4 is 0 Å². The predicted molar refractivity (Wildman–Crippen MR) is 105 cm³/mol. The Balaban J connectivity index is 1.54. The van der Waals surface area contributed by atoms with Crippen molar-refractivity contribution in [1.29, 1.82) is 5.26 Å². The second-order valence-corrected chi connectivity index (χ2v) is 6.32. The molecule has 136 valence electrons. The van der Waals surface area contributed by atoms with Gasteiger partial charge in [-0.2, -0.15) is 10.2 Å². The van der Waals surface area contributed by atoms with Crippen LogP contribution in [0.25, 0.3) is 11.4 Å². The van der Waals surface area contributed by atoms with Crippen molar-refractivity contribution in [3.63, 3.8) is 0 Å². The molecule has 0 aliphatic rings. The Kier molecular flexibility index (Phi) is 6.50. The normalized spacial score (nSPS) is 10.7. The summed E-state index contributed by atoms with van der Waals surface area (Å²) in [6, 6.07) is 19.7. The van der Waals surface area contributed by atoms with Crippen molar-refractivity contribution in [3.8, 4) is 17.5 Å². The van der Waals surface area contributed by atoms with Gasteiger partial charge in [0.1, 0.15) is 0 Å². The van der Waals surface area contributed by atoms with Crippen LogP contribution in [0.4, 0.5) is 0 Å². The SMILES string of the molecule is C=CCN(CCCc1nc(-c2ccccc2)no1)Cc1cccc(C#N)c1. The zero-order chi connectivity index (χ0) is 18.9. The lowest BCUT2D eigenvalue weighted by Gasteiger charge is -2.20. The maximum atomic E-state index is 9.05. The molecule has 27 heavy (non-hydrogen) atoms. The van der Waals surface area contributed by atoms with Gasteiger partial charge in [-0.3, -0.25) is 4.90 Å². The fourth-order valence-electron chi connectivity index (χ4n) is 2.93. The van der Waals surface area contributed by atoms with Gasteiger partial charge >= 0.3 is 0 Å². The summed E-state index contributed by atoms with van der Waals surface area (Å²) in [7, 11) is 0. The molecule has 0 atom stereocenters. The van der Waals surface area contributed by atoms with Crippen LogP contribution in [0.2, 0.25) is 0 Å². The molecule has 0 aliphatic heterocycles. The number of aromatic nitrogens is 2. The van der Waals surface area contributed by atoms with E-state index in [2.05, 4.69) is 27.7 Å². The molecular formula is C22H22N4O. The van der Waals surface area contributed by atoms with Crippen molar-refractivity contribution in [1.82, 2.24) is 15.0 Å². The third-order valence-electron chi connectivity index (χ3n) is 4.21. The predicted octanol–water partition coefficient (Wildman–Crippen LogP) is 4.23. The van der Waals surface area contributed by atoms with Crippen LogP contribution in [-0.4, -0.2) is 28.1 Å². The van der Waals surface area contributed by atoms with Gasteiger partial charge in [-0.1, -0.05) is 53.7 Å². The first kappa shape index (κ1) is 18.6. The van der Waals surface area contributed by atoms with E-state index in [1.807, 2.05) is 60.7 Å². The van der Waals surface area contributed by atoms with E-state index in [9.17, 15) is 0 Å². The summed E-state index contributed by atoms with van der Waals surface area (Å²) in [5.41, 5.74) is 2.77. The fourth-order valence-corrected chi connectivity index (χ4v) is 2.93. The van der Waals surface area contributed by atoms with Crippen molar-refractivity contribution < 1.29 is 4.52 Å². The molecule has 5 heteroatoms. The minimum Gasteiger partial charge on any atom is -0.339 e. The largest absolute Gasteiger partial charge is 0.339 e. The standard InChI is InChI=1S/C22H22N4O/c1-2-13-26(17-19-9-6-8-18(15-19)16-23)14-7-12-21-24-22(25-27-21)20-10-4-3-5-11-20/h2-6,8-11,15H,1,7,12-14,17H2. The number of nitrogens with zero attached hydrogens (tertiary/aromatic N) is 4. The summed E-state index contributed by atoms with van der Waals surface area (Å²) in [6.45, 7) is 6.29. The highest BCUT2D eigenvalue weighted by Gasteiger charge is 2.10. The lowest BCUT2D eigenvalue weighted by atomic mass is 10.1. The molecule has 0 saturated heterocycles. The molecule has 1 heterocycles. The molecule has 2 aromatic carbocycles. The molecule has 3 rings (SSSR count). The molecule has 0 saturated carbocycles. The maximum absolute atomic E-state index is 9.05. The van der Waals surface area contributed by atoms with Gasteiger partial charge in [0.25, 0.3) is 0 Å². The van der Waals surface area contributed by atoms with E-state index >= 15 is 0 Å². The highest BCUT2D eigenvalue weighted by atomic mass is 16.5. The number of benzene rings is 2. The molecular weight excluding hydrogens is 336 g/mol. The molecule has 0 amide bonds. The van der Waals surface area contributed by atoms with Gasteiger partial charge < -0.3 is 4.52 Å². The van der Waals surface area contributed by atoms with E-state index in [4.69, 9.17) is 9.78 Å². The van der Waals surface area contributed by atoms with E-state index in [-0.39, 0.29) is 0 Å². The molecule has 0 spiro atoms. The van der Waals surface area contributed by atoms with E-state index in [1.54, 1.807) is 0 Å². The van der Waals surface area contributed by atoms with Gasteiger partial charge in [0, 0.05) is 25.1 Å². The van der Waals surface area contributed by atoms with E-state index in [0.717, 1.165) is 43.6 Å². The van der Waals surface area contributed by atoms with Gasteiger partial charge in [0.05, 0.1) is 11.6 Å². The molecule has 0 fully saturated rings. The molecule has 0 radical (unpaired) electrons. The number of aryl methyl sites for hydroxylation is 1. The van der Waals surface area contributed by atoms with Crippen LogP contribution in [0.15, 0.2) is 71.8 Å². The smallest absolute Gasteiger partial charge is 0.227 e. The minimum absolute atomic E-state index is 0.627. The van der Waals surface area contributed by atoms with Crippen molar-refractivity contribution in [2.45, 2.75) is 19.4 Å². The second-order valence-electron chi connectivity index (χ2n) is 6.32. The average Bonchev–Trinajstić information content (AvgIpc) is 3.18. The number of hydrogen-bond donors (Lipinski definition) is 0. The van der Waals surface area contributed by atoms with Gasteiger partial charge in [-0.05, 0) is 30.7 Å². The summed E-state index contributed by atoms with van der Waals surface area (Å²) in [5, 5.41) is 13.1. The van der Waals surface area contributed by atoms with Gasteiger partial charge in [0.2, 0.25) is 11.7 Å². The summed E-state index contributed by atoms with van der Waals surface area (Å²) in [6.07, 6.45) is 3.53. The lowest BCUT2D eigenvalue weighted by molar-refractivity contribution is 0.283. The van der Waals surface area contributed by atoms with Crippen molar-refractivity contribution in [2.24, 2.45) is 0 Å². The molecule has 1 aromatic heterocycles. The molecule has 0 aliphatic carbocycles. The maximum Gasteiger partial charge on any atom is 0.227 e. The average molecular weight is 358 g/mol. The Bertz CT molecular complexity index is 911. The monoisotopic (exact) mass is 358 g/mol. The first-order valence-corrected chi connectivity index (χ1v) is 8.99. The van der Waals surface area contributed by atoms with Crippen LogP contribution in [-0.2, 0) is 13.0 Å². The van der Waals surface area contributed by atoms with Gasteiger partial charge in [0.15, 0.2) is 0 Å². The number of nitriles is 1. The zero-order valence-electron chi connectivity index (χ0n) is 15.2. The van der Waals surface area contributed by atoms with Crippen LogP contribution in [0.1, 0.15) is 23.4 Å². The molecule has 3 aromatic rings. The summed E-state index contributed by atoms with van der Waals surface area (Å²) in [4.78, 5) is 6.77. The van der Waals surface area contributed by atoms with Crippen LogP contribution < -0.4 is 0 Å². The van der Waals surface area contributed by atoms with Gasteiger partial charge in [-0.15, -0.1) is 6.58 Å². The Morgan fingerprint density at radius 2 is 2.00 bits per heavy atom. The Hall–Kier alpha value is -3.23. The second kappa shape index (κ2) is 9.46. The van der Waals surface area contributed by atoms with Crippen molar-refractivity contribution in [2.75, 3.05) is 13.1 Å². The van der Waals surface area contributed by atoms with Crippen LogP contribution in [0, 0.1) is 11.3 Å². The quantitative estimate of drug-likeness (QED) is 0.536. The van der Waals surface area contributed by atoms with Crippen LogP contribution in [0.3, 0.4) is 0 Å². The molecule has 0 unspecified atom stereocenters. The topological polar surface area (TPSA) is 66.0 Å². The molecule has 0 N–H and O–H groups in total. The highest BCUT2D eigenvalue weighted by molar-refractivity contribution is 5.53. The third-order valence-corrected chi connectivity index (χ3v) is 4.21. The van der Waals surface area contributed by atoms with Crippen molar-refractivity contribution in [3.05, 3.63) is 84.3 Å². The summed E-state index contributed by atoms with van der Waals surface area (Å²) >= 11 is 0.